The van der Waals surface area contributed by atoms with Crippen LogP contribution in [0.1, 0.15) is 18.1 Å². The molecule has 2 aromatic carbocycles. The fourth-order valence-corrected chi connectivity index (χ4v) is 3.44. The summed E-state index contributed by atoms with van der Waals surface area (Å²) < 4.78 is 1.78. The molecule has 0 aliphatic carbocycles. The third-order valence-electron chi connectivity index (χ3n) is 3.95. The molecule has 0 spiro atoms. The Morgan fingerprint density at radius 3 is 2.68 bits per heavy atom. The number of aryl methyl sites for hydroxylation is 2. The van der Waals surface area contributed by atoms with Crippen LogP contribution in [0.2, 0.25) is 0 Å². The summed E-state index contributed by atoms with van der Waals surface area (Å²) >= 11 is 1.29. The zero-order chi connectivity index (χ0) is 20.1. The average molecular weight is 395 g/mol. The molecule has 2 amide bonds. The minimum Gasteiger partial charge on any atom is -0.326 e. The van der Waals surface area contributed by atoms with Crippen molar-refractivity contribution >= 4 is 35.0 Å². The molecular formula is C20H21N5O2S. The Hall–Kier alpha value is -3.13. The summed E-state index contributed by atoms with van der Waals surface area (Å²) in [7, 11) is 0. The van der Waals surface area contributed by atoms with Gasteiger partial charge in [-0.2, -0.15) is 0 Å². The molecule has 3 aromatic rings. The van der Waals surface area contributed by atoms with Crippen LogP contribution in [-0.2, 0) is 9.59 Å². The van der Waals surface area contributed by atoms with Crippen molar-refractivity contribution in [2.45, 2.75) is 25.9 Å². The molecule has 3 rings (SSSR count). The molecule has 2 N–H and O–H groups in total. The number of carbonyl (C=O) groups excluding carboxylic acids is 2. The summed E-state index contributed by atoms with van der Waals surface area (Å²) in [5, 5.41) is 14.3. The van der Waals surface area contributed by atoms with Gasteiger partial charge in [-0.05, 0) is 43.7 Å². The maximum atomic E-state index is 12.3. The number of anilines is 2. The van der Waals surface area contributed by atoms with E-state index in [1.807, 2.05) is 50.2 Å². The van der Waals surface area contributed by atoms with Gasteiger partial charge in [-0.25, -0.2) is 0 Å². The SMILES string of the molecule is CC(=O)Nc1cccc(-n2cnnc2SCC(=O)Nc2ccc(C)cc2C)c1. The van der Waals surface area contributed by atoms with Gasteiger partial charge in [-0.3, -0.25) is 14.2 Å². The Morgan fingerprint density at radius 2 is 1.93 bits per heavy atom. The van der Waals surface area contributed by atoms with Gasteiger partial charge in [0.2, 0.25) is 11.8 Å². The van der Waals surface area contributed by atoms with Gasteiger partial charge < -0.3 is 10.6 Å². The Balaban J connectivity index is 1.67. The molecule has 8 heteroatoms. The lowest BCUT2D eigenvalue weighted by Crippen LogP contribution is -2.15. The number of hydrogen-bond acceptors (Lipinski definition) is 5. The first-order chi connectivity index (χ1) is 13.4. The predicted molar refractivity (Wildman–Crippen MR) is 111 cm³/mol. The number of hydrogen-bond donors (Lipinski definition) is 2. The van der Waals surface area contributed by atoms with Crippen molar-refractivity contribution in [2.75, 3.05) is 16.4 Å². The minimum absolute atomic E-state index is 0.112. The lowest BCUT2D eigenvalue weighted by atomic mass is 10.1. The van der Waals surface area contributed by atoms with Gasteiger partial charge in [0.1, 0.15) is 6.33 Å². The van der Waals surface area contributed by atoms with Crippen LogP contribution in [0.4, 0.5) is 11.4 Å². The molecule has 7 nitrogen and oxygen atoms in total. The van der Waals surface area contributed by atoms with Crippen molar-refractivity contribution in [2.24, 2.45) is 0 Å². The summed E-state index contributed by atoms with van der Waals surface area (Å²) in [4.78, 5) is 23.6. The second-order valence-electron chi connectivity index (χ2n) is 6.37. The van der Waals surface area contributed by atoms with Crippen LogP contribution in [0.15, 0.2) is 53.9 Å². The molecule has 1 aromatic heterocycles. The third kappa shape index (κ3) is 4.98. The van der Waals surface area contributed by atoms with Crippen molar-refractivity contribution in [1.82, 2.24) is 14.8 Å². The fraction of sp³-hybridized carbons (Fsp3) is 0.200. The lowest BCUT2D eigenvalue weighted by Gasteiger charge is -2.10. The van der Waals surface area contributed by atoms with Crippen LogP contribution < -0.4 is 10.6 Å². The molecule has 0 saturated heterocycles. The van der Waals surface area contributed by atoms with Crippen molar-refractivity contribution < 1.29 is 9.59 Å². The topological polar surface area (TPSA) is 88.9 Å². The summed E-state index contributed by atoms with van der Waals surface area (Å²) in [6.45, 7) is 5.44. The molecular weight excluding hydrogens is 374 g/mol. The van der Waals surface area contributed by atoms with Crippen molar-refractivity contribution in [3.05, 3.63) is 59.9 Å². The number of nitrogens with zero attached hydrogens (tertiary/aromatic N) is 3. The number of amides is 2. The van der Waals surface area contributed by atoms with Gasteiger partial charge in [0, 0.05) is 18.3 Å². The normalized spacial score (nSPS) is 10.5. The molecule has 0 aliphatic heterocycles. The first kappa shape index (κ1) is 19.6. The minimum atomic E-state index is -0.140. The second kappa shape index (κ2) is 8.71. The highest BCUT2D eigenvalue weighted by Gasteiger charge is 2.12. The predicted octanol–water partition coefficient (Wildman–Crippen LogP) is 3.57. The zero-order valence-corrected chi connectivity index (χ0v) is 16.7. The first-order valence-corrected chi connectivity index (χ1v) is 9.69. The summed E-state index contributed by atoms with van der Waals surface area (Å²) in [5.41, 5.74) is 4.47. The van der Waals surface area contributed by atoms with Crippen LogP contribution in [0, 0.1) is 13.8 Å². The van der Waals surface area contributed by atoms with Crippen LogP contribution in [0.3, 0.4) is 0 Å². The van der Waals surface area contributed by atoms with Crippen molar-refractivity contribution in [1.29, 1.82) is 0 Å². The second-order valence-corrected chi connectivity index (χ2v) is 7.31. The van der Waals surface area contributed by atoms with E-state index < -0.39 is 0 Å². The molecule has 1 heterocycles. The number of aromatic nitrogens is 3. The number of benzene rings is 2. The van der Waals surface area contributed by atoms with Crippen LogP contribution in [-0.4, -0.2) is 32.3 Å². The largest absolute Gasteiger partial charge is 0.326 e. The lowest BCUT2D eigenvalue weighted by molar-refractivity contribution is -0.114. The van der Waals surface area contributed by atoms with E-state index in [2.05, 4.69) is 20.8 Å². The Kier molecular flexibility index (Phi) is 6.10. The number of thioether (sulfide) groups is 1. The van der Waals surface area contributed by atoms with E-state index in [0.717, 1.165) is 22.5 Å². The van der Waals surface area contributed by atoms with E-state index >= 15 is 0 Å². The maximum absolute atomic E-state index is 12.3. The van der Waals surface area contributed by atoms with E-state index in [1.54, 1.807) is 17.0 Å². The van der Waals surface area contributed by atoms with E-state index in [0.29, 0.717) is 10.8 Å². The first-order valence-electron chi connectivity index (χ1n) is 8.70. The highest BCUT2D eigenvalue weighted by atomic mass is 32.2. The Morgan fingerprint density at radius 1 is 1.11 bits per heavy atom. The molecule has 144 valence electrons. The number of nitrogens with one attached hydrogen (secondary N) is 2. The van der Waals surface area contributed by atoms with Gasteiger partial charge in [0.25, 0.3) is 0 Å². The van der Waals surface area contributed by atoms with Gasteiger partial charge in [-0.1, -0.05) is 35.5 Å². The van der Waals surface area contributed by atoms with E-state index in [4.69, 9.17) is 0 Å². The van der Waals surface area contributed by atoms with Gasteiger partial charge in [-0.15, -0.1) is 10.2 Å². The molecule has 0 fully saturated rings. The summed E-state index contributed by atoms with van der Waals surface area (Å²) in [6, 6.07) is 13.2. The molecule has 0 saturated carbocycles. The van der Waals surface area contributed by atoms with E-state index in [-0.39, 0.29) is 17.6 Å². The van der Waals surface area contributed by atoms with Crippen LogP contribution in [0.5, 0.6) is 0 Å². The Bertz CT molecular complexity index is 1020. The average Bonchev–Trinajstić information content (AvgIpc) is 3.11. The van der Waals surface area contributed by atoms with Gasteiger partial charge >= 0.3 is 0 Å². The Labute approximate surface area is 167 Å². The number of carbonyl (C=O) groups is 2. The molecule has 28 heavy (non-hydrogen) atoms. The third-order valence-corrected chi connectivity index (χ3v) is 4.89. The van der Waals surface area contributed by atoms with Crippen LogP contribution in [0.25, 0.3) is 5.69 Å². The summed E-state index contributed by atoms with van der Waals surface area (Å²) in [5.74, 6) is -0.0470. The molecule has 0 atom stereocenters. The maximum Gasteiger partial charge on any atom is 0.234 e. The summed E-state index contributed by atoms with van der Waals surface area (Å²) in [6.07, 6.45) is 1.58. The van der Waals surface area contributed by atoms with Crippen LogP contribution >= 0.6 is 11.8 Å². The molecule has 0 radical (unpaired) electrons. The highest BCUT2D eigenvalue weighted by molar-refractivity contribution is 7.99. The quantitative estimate of drug-likeness (QED) is 0.623. The van der Waals surface area contributed by atoms with Gasteiger partial charge in [0.05, 0.1) is 11.4 Å². The monoisotopic (exact) mass is 395 g/mol. The zero-order valence-electron chi connectivity index (χ0n) is 15.9. The molecule has 0 aliphatic rings. The molecule has 0 unspecified atom stereocenters. The smallest absolute Gasteiger partial charge is 0.234 e. The highest BCUT2D eigenvalue weighted by Crippen LogP contribution is 2.22. The van der Waals surface area contributed by atoms with Gasteiger partial charge in [0.15, 0.2) is 5.16 Å². The molecule has 0 bridgehead atoms. The van der Waals surface area contributed by atoms with E-state index in [9.17, 15) is 9.59 Å². The number of rotatable bonds is 6. The standard InChI is InChI=1S/C20H21N5O2S/c1-13-7-8-18(14(2)9-13)23-19(27)11-28-20-24-21-12-25(20)17-6-4-5-16(10-17)22-15(3)26/h4-10,12H,11H2,1-3H3,(H,22,26)(H,23,27). The van der Waals surface area contributed by atoms with Crippen molar-refractivity contribution in [3.8, 4) is 5.69 Å². The van der Waals surface area contributed by atoms with Crippen molar-refractivity contribution in [3.63, 3.8) is 0 Å². The van der Waals surface area contributed by atoms with E-state index in [1.165, 1.54) is 18.7 Å². The fourth-order valence-electron chi connectivity index (χ4n) is 2.71.